The lowest BCUT2D eigenvalue weighted by molar-refractivity contribution is -0.137. The van der Waals surface area contributed by atoms with Gasteiger partial charge in [0.15, 0.2) is 12.3 Å². The number of piperidine rings is 1. The number of ether oxygens (including phenoxy) is 2. The van der Waals surface area contributed by atoms with Gasteiger partial charge in [0.25, 0.3) is 5.91 Å². The van der Waals surface area contributed by atoms with Gasteiger partial charge in [0.2, 0.25) is 0 Å². The molecule has 2 unspecified atom stereocenters. The van der Waals surface area contributed by atoms with E-state index in [2.05, 4.69) is 18.8 Å². The number of aromatic nitrogens is 1. The van der Waals surface area contributed by atoms with Crippen molar-refractivity contribution in [2.75, 3.05) is 26.8 Å². The fourth-order valence-corrected chi connectivity index (χ4v) is 4.19. The predicted octanol–water partition coefficient (Wildman–Crippen LogP) is 3.48. The molecule has 1 aliphatic heterocycles. The maximum Gasteiger partial charge on any atom is 0.358 e. The number of amides is 1. The van der Waals surface area contributed by atoms with Gasteiger partial charge in [-0.1, -0.05) is 13.8 Å². The Labute approximate surface area is 163 Å². The highest BCUT2D eigenvalue weighted by Gasteiger charge is 2.26. The molecule has 3 rings (SSSR count). The maximum absolute atomic E-state index is 12.3. The van der Waals surface area contributed by atoms with E-state index in [0.717, 1.165) is 35.8 Å². The lowest BCUT2D eigenvalue weighted by Crippen LogP contribution is -2.44. The third-order valence-electron chi connectivity index (χ3n) is 4.60. The molecule has 1 aromatic heterocycles. The van der Waals surface area contributed by atoms with Crippen LogP contribution in [0.4, 0.5) is 0 Å². The molecule has 2 heterocycles. The number of rotatable bonds is 5. The molecule has 0 saturated carbocycles. The summed E-state index contributed by atoms with van der Waals surface area (Å²) in [7, 11) is 1.61. The normalized spacial score (nSPS) is 19.6. The van der Waals surface area contributed by atoms with E-state index >= 15 is 0 Å². The second-order valence-corrected chi connectivity index (χ2v) is 7.95. The molecule has 1 aliphatic rings. The van der Waals surface area contributed by atoms with Crippen LogP contribution in [-0.4, -0.2) is 48.6 Å². The summed E-state index contributed by atoms with van der Waals surface area (Å²) in [5, 5.41) is 2.37. The topological polar surface area (TPSA) is 68.7 Å². The highest BCUT2D eigenvalue weighted by molar-refractivity contribution is 7.13. The molecule has 2 aromatic rings. The number of nitrogens with zero attached hydrogens (tertiary/aromatic N) is 2. The van der Waals surface area contributed by atoms with Crippen LogP contribution in [0.5, 0.6) is 5.75 Å². The number of esters is 1. The smallest absolute Gasteiger partial charge is 0.358 e. The van der Waals surface area contributed by atoms with Gasteiger partial charge in [-0.3, -0.25) is 4.79 Å². The molecule has 7 heteroatoms. The Kier molecular flexibility index (Phi) is 6.11. The minimum atomic E-state index is -0.572. The first kappa shape index (κ1) is 19.4. The van der Waals surface area contributed by atoms with Crippen molar-refractivity contribution >= 4 is 23.2 Å². The number of likely N-dealkylation sites (tertiary alicyclic amines) is 1. The van der Waals surface area contributed by atoms with Gasteiger partial charge in [-0.15, -0.1) is 11.3 Å². The van der Waals surface area contributed by atoms with E-state index in [1.165, 1.54) is 11.3 Å². The Morgan fingerprint density at radius 1 is 1.19 bits per heavy atom. The first-order valence-electron chi connectivity index (χ1n) is 9.01. The molecule has 144 valence electrons. The van der Waals surface area contributed by atoms with E-state index in [4.69, 9.17) is 9.47 Å². The standard InChI is InChI=1S/C20H24N2O4S/c1-13-8-14(2)10-22(9-13)18(23)11-26-20(24)17-12-27-19(21-17)15-4-6-16(25-3)7-5-15/h4-7,12-14H,8-11H2,1-3H3. The van der Waals surface area contributed by atoms with Crippen molar-refractivity contribution in [3.05, 3.63) is 35.3 Å². The molecule has 1 aromatic carbocycles. The zero-order chi connectivity index (χ0) is 19.4. The first-order valence-corrected chi connectivity index (χ1v) is 9.89. The summed E-state index contributed by atoms with van der Waals surface area (Å²) in [6.07, 6.45) is 1.12. The zero-order valence-corrected chi connectivity index (χ0v) is 16.6. The third kappa shape index (κ3) is 4.86. The number of methoxy groups -OCH3 is 1. The van der Waals surface area contributed by atoms with Crippen LogP contribution in [0, 0.1) is 11.8 Å². The summed E-state index contributed by atoms with van der Waals surface area (Å²) in [4.78, 5) is 30.7. The molecule has 1 fully saturated rings. The van der Waals surface area contributed by atoms with E-state index in [1.54, 1.807) is 17.4 Å². The van der Waals surface area contributed by atoms with Crippen LogP contribution in [0.15, 0.2) is 29.6 Å². The summed E-state index contributed by atoms with van der Waals surface area (Å²) in [5.74, 6) is 0.984. The summed E-state index contributed by atoms with van der Waals surface area (Å²) in [6.45, 7) is 5.47. The summed E-state index contributed by atoms with van der Waals surface area (Å²) in [6, 6.07) is 7.45. The largest absolute Gasteiger partial charge is 0.497 e. The number of thiazole rings is 1. The van der Waals surface area contributed by atoms with Crippen LogP contribution < -0.4 is 4.74 Å². The number of hydrogen-bond donors (Lipinski definition) is 0. The molecule has 6 nitrogen and oxygen atoms in total. The number of hydrogen-bond acceptors (Lipinski definition) is 6. The molecule has 0 bridgehead atoms. The minimum Gasteiger partial charge on any atom is -0.497 e. The fraction of sp³-hybridized carbons (Fsp3) is 0.450. The summed E-state index contributed by atoms with van der Waals surface area (Å²) < 4.78 is 10.3. The number of carbonyl (C=O) groups excluding carboxylic acids is 2. The van der Waals surface area contributed by atoms with Gasteiger partial charge in [-0.2, -0.15) is 0 Å². The number of benzene rings is 1. The van der Waals surface area contributed by atoms with E-state index in [-0.39, 0.29) is 18.2 Å². The maximum atomic E-state index is 12.3. The second kappa shape index (κ2) is 8.52. The Hall–Kier alpha value is -2.41. The number of carbonyl (C=O) groups is 2. The van der Waals surface area contributed by atoms with Crippen molar-refractivity contribution < 1.29 is 19.1 Å². The summed E-state index contributed by atoms with van der Waals surface area (Å²) >= 11 is 1.36. The Morgan fingerprint density at radius 3 is 2.48 bits per heavy atom. The zero-order valence-electron chi connectivity index (χ0n) is 15.8. The predicted molar refractivity (Wildman–Crippen MR) is 104 cm³/mol. The summed E-state index contributed by atoms with van der Waals surface area (Å²) in [5.41, 5.74) is 1.12. The molecular weight excluding hydrogens is 364 g/mol. The molecule has 2 atom stereocenters. The van der Waals surface area contributed by atoms with Crippen LogP contribution >= 0.6 is 11.3 Å². The van der Waals surface area contributed by atoms with Crippen molar-refractivity contribution in [2.45, 2.75) is 20.3 Å². The van der Waals surface area contributed by atoms with Crippen molar-refractivity contribution in [1.82, 2.24) is 9.88 Å². The molecule has 1 saturated heterocycles. The van der Waals surface area contributed by atoms with E-state index in [9.17, 15) is 9.59 Å². The molecular formula is C20H24N2O4S. The SMILES string of the molecule is COc1ccc(-c2nc(C(=O)OCC(=O)N3CC(C)CC(C)C3)cs2)cc1. The van der Waals surface area contributed by atoms with Gasteiger partial charge in [0, 0.05) is 24.0 Å². The van der Waals surface area contributed by atoms with Crippen LogP contribution in [0.2, 0.25) is 0 Å². The van der Waals surface area contributed by atoms with Gasteiger partial charge in [0.1, 0.15) is 10.8 Å². The van der Waals surface area contributed by atoms with Crippen LogP contribution in [0.1, 0.15) is 30.8 Å². The molecule has 0 radical (unpaired) electrons. The van der Waals surface area contributed by atoms with Crippen molar-refractivity contribution in [2.24, 2.45) is 11.8 Å². The quantitative estimate of drug-likeness (QED) is 0.734. The third-order valence-corrected chi connectivity index (χ3v) is 5.49. The second-order valence-electron chi connectivity index (χ2n) is 7.09. The Morgan fingerprint density at radius 2 is 1.85 bits per heavy atom. The van der Waals surface area contributed by atoms with Gasteiger partial charge < -0.3 is 14.4 Å². The molecule has 27 heavy (non-hydrogen) atoms. The van der Waals surface area contributed by atoms with E-state index in [1.807, 2.05) is 24.3 Å². The molecule has 0 spiro atoms. The first-order chi connectivity index (χ1) is 13.0. The van der Waals surface area contributed by atoms with Crippen LogP contribution in [-0.2, 0) is 9.53 Å². The van der Waals surface area contributed by atoms with E-state index in [0.29, 0.717) is 11.8 Å². The van der Waals surface area contributed by atoms with Gasteiger partial charge in [-0.25, -0.2) is 9.78 Å². The molecule has 0 N–H and O–H groups in total. The van der Waals surface area contributed by atoms with Gasteiger partial charge in [-0.05, 0) is 42.5 Å². The van der Waals surface area contributed by atoms with Gasteiger partial charge in [0.05, 0.1) is 7.11 Å². The minimum absolute atomic E-state index is 0.146. The Bertz CT molecular complexity index is 793. The molecule has 1 amide bonds. The van der Waals surface area contributed by atoms with Gasteiger partial charge >= 0.3 is 5.97 Å². The lowest BCUT2D eigenvalue weighted by atomic mass is 9.92. The monoisotopic (exact) mass is 388 g/mol. The highest BCUT2D eigenvalue weighted by atomic mass is 32.1. The van der Waals surface area contributed by atoms with Crippen LogP contribution in [0.3, 0.4) is 0 Å². The lowest BCUT2D eigenvalue weighted by Gasteiger charge is -2.34. The van der Waals surface area contributed by atoms with Crippen molar-refractivity contribution in [3.63, 3.8) is 0 Å². The average Bonchev–Trinajstić information content (AvgIpc) is 3.15. The fourth-order valence-electron chi connectivity index (χ4n) is 3.39. The highest BCUT2D eigenvalue weighted by Crippen LogP contribution is 2.26. The molecule has 0 aliphatic carbocycles. The van der Waals surface area contributed by atoms with Crippen LogP contribution in [0.25, 0.3) is 10.6 Å². The Balaban J connectivity index is 1.57. The van der Waals surface area contributed by atoms with Crippen molar-refractivity contribution in [3.8, 4) is 16.3 Å². The van der Waals surface area contributed by atoms with Crippen molar-refractivity contribution in [1.29, 1.82) is 0 Å². The van der Waals surface area contributed by atoms with E-state index < -0.39 is 5.97 Å². The average molecular weight is 388 g/mol.